The first-order valence-corrected chi connectivity index (χ1v) is 14.1. The number of piperidine rings is 2. The molecule has 4 aliphatic rings. The zero-order valence-corrected chi connectivity index (χ0v) is 22.4. The van der Waals surface area contributed by atoms with E-state index in [1.54, 1.807) is 6.08 Å². The molecule has 1 amide bonds. The molecule has 8 N–H and O–H groups in total. The smallest absolute Gasteiger partial charge is 0.228 e. The molecule has 11 heteroatoms. The predicted octanol–water partition coefficient (Wildman–Crippen LogP) is 0.357. The van der Waals surface area contributed by atoms with Crippen LogP contribution in [-0.4, -0.2) is 86.6 Å². The molecule has 0 spiro atoms. The molecule has 10 nitrogen and oxygen atoms in total. The maximum atomic E-state index is 14.4. The van der Waals surface area contributed by atoms with Crippen molar-refractivity contribution >= 4 is 12.1 Å². The summed E-state index contributed by atoms with van der Waals surface area (Å²) in [5.74, 6) is -0.403. The van der Waals surface area contributed by atoms with Gasteiger partial charge in [0.1, 0.15) is 6.73 Å². The van der Waals surface area contributed by atoms with Gasteiger partial charge in [-0.15, -0.1) is 0 Å². The predicted molar refractivity (Wildman–Crippen MR) is 143 cm³/mol. The van der Waals surface area contributed by atoms with Crippen molar-refractivity contribution < 1.29 is 14.0 Å². The van der Waals surface area contributed by atoms with Crippen LogP contribution in [0, 0.1) is 17.3 Å². The van der Waals surface area contributed by atoms with Gasteiger partial charge >= 0.3 is 0 Å². The van der Waals surface area contributed by atoms with Gasteiger partial charge in [-0.2, -0.15) is 5.48 Å². The fraction of sp³-hybridized carbons (Fsp3) is 0.846. The van der Waals surface area contributed by atoms with Gasteiger partial charge in [-0.1, -0.05) is 19.9 Å². The Kier molecular flexibility index (Phi) is 10.1. The van der Waals surface area contributed by atoms with Crippen LogP contribution in [0.15, 0.2) is 17.1 Å². The summed E-state index contributed by atoms with van der Waals surface area (Å²) in [5.41, 5.74) is 15.2. The number of carbonyl (C=O) groups is 1. The van der Waals surface area contributed by atoms with Crippen molar-refractivity contribution in [2.45, 2.75) is 89.0 Å². The number of halogens is 1. The molecule has 0 aromatic carbocycles. The van der Waals surface area contributed by atoms with E-state index in [4.69, 9.17) is 16.3 Å². The molecule has 6 unspecified atom stereocenters. The highest BCUT2D eigenvalue weighted by atomic mass is 19.1. The number of hydrogen-bond donors (Lipinski definition) is 6. The number of hydrogen-bond acceptors (Lipinski definition) is 9. The van der Waals surface area contributed by atoms with Crippen LogP contribution in [-0.2, 0) is 9.63 Å². The lowest BCUT2D eigenvalue weighted by Gasteiger charge is -2.45. The number of hydroxylamine groups is 1. The second kappa shape index (κ2) is 13.1. The second-order valence-corrected chi connectivity index (χ2v) is 11.2. The number of alkyl halides is 1. The van der Waals surface area contributed by atoms with Crippen LogP contribution in [0.25, 0.3) is 0 Å². The Bertz CT molecular complexity index is 793. The molecule has 0 aromatic heterocycles. The molecule has 210 valence electrons. The normalized spacial score (nSPS) is 35.1. The third-order valence-corrected chi connectivity index (χ3v) is 9.08. The highest BCUT2D eigenvalue weighted by molar-refractivity contribution is 5.81. The summed E-state index contributed by atoms with van der Waals surface area (Å²) < 4.78 is 14.4. The van der Waals surface area contributed by atoms with E-state index in [1.165, 1.54) is 6.21 Å². The van der Waals surface area contributed by atoms with E-state index in [-0.39, 0.29) is 29.6 Å². The number of nitrogens with one attached hydrogen (secondary N) is 4. The number of allylic oxidation sites excluding steroid dienone is 2. The van der Waals surface area contributed by atoms with E-state index in [9.17, 15) is 9.18 Å². The van der Waals surface area contributed by atoms with Gasteiger partial charge in [-0.3, -0.25) is 24.8 Å². The van der Waals surface area contributed by atoms with Crippen LogP contribution in [0.2, 0.25) is 0 Å². The average Bonchev–Trinajstić information content (AvgIpc) is 3.44. The van der Waals surface area contributed by atoms with E-state index in [2.05, 4.69) is 45.2 Å². The fourth-order valence-corrected chi connectivity index (χ4v) is 6.54. The molecular formula is C26H47FN8O2. The molecule has 4 rings (SSSR count). The maximum absolute atomic E-state index is 14.4. The summed E-state index contributed by atoms with van der Waals surface area (Å²) in [6, 6.07) is -0.299. The lowest BCUT2D eigenvalue weighted by Crippen LogP contribution is -2.63. The van der Waals surface area contributed by atoms with Gasteiger partial charge in [-0.05, 0) is 75.6 Å². The Morgan fingerprint density at radius 3 is 2.68 bits per heavy atom. The summed E-state index contributed by atoms with van der Waals surface area (Å²) in [6.07, 6.45) is 8.20. The van der Waals surface area contributed by atoms with Crippen molar-refractivity contribution in [1.29, 1.82) is 0 Å². The number of likely N-dealkylation sites (tertiary alicyclic amines) is 1. The first-order chi connectivity index (χ1) is 17.9. The third-order valence-electron chi connectivity index (χ3n) is 9.08. The Labute approximate surface area is 220 Å². The lowest BCUT2D eigenvalue weighted by molar-refractivity contribution is -0.128. The second-order valence-electron chi connectivity index (χ2n) is 11.2. The van der Waals surface area contributed by atoms with Crippen LogP contribution >= 0.6 is 0 Å². The van der Waals surface area contributed by atoms with Crippen molar-refractivity contribution in [2.24, 2.45) is 33.7 Å². The molecule has 4 heterocycles. The monoisotopic (exact) mass is 522 g/mol. The number of nitrogens with zero attached hydrogens (tertiary/aromatic N) is 2. The van der Waals surface area contributed by atoms with Gasteiger partial charge in [0.15, 0.2) is 6.17 Å². The largest absolute Gasteiger partial charge is 0.350 e. The molecule has 0 aromatic rings. The zero-order valence-electron chi connectivity index (χ0n) is 22.4. The van der Waals surface area contributed by atoms with Crippen molar-refractivity contribution in [3.63, 3.8) is 0 Å². The number of rotatable bonds is 8. The summed E-state index contributed by atoms with van der Waals surface area (Å²) >= 11 is 0. The lowest BCUT2D eigenvalue weighted by atomic mass is 9.73. The Balaban J connectivity index is 1.43. The van der Waals surface area contributed by atoms with Crippen molar-refractivity contribution in [2.75, 3.05) is 32.9 Å². The number of carbonyl (C=O) groups excluding carboxylic acids is 1. The van der Waals surface area contributed by atoms with Gasteiger partial charge < -0.3 is 22.1 Å². The van der Waals surface area contributed by atoms with Gasteiger partial charge in [0.05, 0.1) is 30.3 Å². The highest BCUT2D eigenvalue weighted by Crippen LogP contribution is 2.38. The van der Waals surface area contributed by atoms with E-state index >= 15 is 0 Å². The first-order valence-electron chi connectivity index (χ1n) is 14.1. The van der Waals surface area contributed by atoms with Crippen LogP contribution in [0.4, 0.5) is 4.39 Å². The van der Waals surface area contributed by atoms with Gasteiger partial charge in [0.2, 0.25) is 5.91 Å². The fourth-order valence-electron chi connectivity index (χ4n) is 6.54. The Hall–Kier alpha value is -1.47. The van der Waals surface area contributed by atoms with Crippen LogP contribution in [0.5, 0.6) is 0 Å². The molecule has 0 aliphatic carbocycles. The number of aliphatic imine (C=N–C) groups is 1. The van der Waals surface area contributed by atoms with E-state index in [0.29, 0.717) is 25.6 Å². The Morgan fingerprint density at radius 2 is 2.03 bits per heavy atom. The van der Waals surface area contributed by atoms with E-state index < -0.39 is 24.3 Å². The van der Waals surface area contributed by atoms with Crippen molar-refractivity contribution in [3.8, 4) is 0 Å². The molecule has 4 aliphatic heterocycles. The summed E-state index contributed by atoms with van der Waals surface area (Å²) in [5, 5.41) is 10.1. The number of amides is 1. The van der Waals surface area contributed by atoms with Crippen molar-refractivity contribution in [3.05, 3.63) is 12.2 Å². The van der Waals surface area contributed by atoms with Gasteiger partial charge in [0.25, 0.3) is 0 Å². The van der Waals surface area contributed by atoms with Gasteiger partial charge in [0, 0.05) is 18.8 Å². The van der Waals surface area contributed by atoms with E-state index in [1.807, 2.05) is 6.08 Å². The standard InChI is InChI=1S/C26H47FN8O2/c1-3-26(4-2)9-5-18(27)14-31-19(13-26)22(23(28)29)25(36)33-20-15-30-10-6-21(20)35-11-7-17(8-12-35)24-32-16-37-34-24/h5,9,14,17-24,30,32,34H,3-4,6-8,10-13,15-16,28-29H2,1-2H3,(H,33,36)/b9-5-,31-14?. The topological polar surface area (TPSA) is 142 Å². The van der Waals surface area contributed by atoms with Crippen LogP contribution in [0.1, 0.15) is 52.4 Å². The molecule has 0 radical (unpaired) electrons. The molecule has 0 saturated carbocycles. The molecule has 3 saturated heterocycles. The highest BCUT2D eigenvalue weighted by Gasteiger charge is 2.41. The van der Waals surface area contributed by atoms with E-state index in [0.717, 1.165) is 51.7 Å². The molecule has 37 heavy (non-hydrogen) atoms. The van der Waals surface area contributed by atoms with Crippen molar-refractivity contribution in [1.82, 2.24) is 26.3 Å². The quantitative estimate of drug-likeness (QED) is 0.198. The first kappa shape index (κ1) is 28.5. The summed E-state index contributed by atoms with van der Waals surface area (Å²) in [4.78, 5) is 26.0. The number of nitrogens with two attached hydrogens (primary N) is 2. The Morgan fingerprint density at radius 1 is 1.27 bits per heavy atom. The minimum Gasteiger partial charge on any atom is -0.350 e. The molecular weight excluding hydrogens is 475 g/mol. The van der Waals surface area contributed by atoms with Crippen LogP contribution in [0.3, 0.4) is 0 Å². The summed E-state index contributed by atoms with van der Waals surface area (Å²) in [7, 11) is 0. The minimum absolute atomic E-state index is 0.0569. The SMILES string of the molecule is CCC1(CC)/C=C\C(F)C=NC(C(C(=O)NC2CNCCC2N2CCC(C3NCON3)CC2)C(N)N)C1. The molecule has 3 fully saturated rings. The minimum atomic E-state index is -1.28. The third kappa shape index (κ3) is 6.95. The average molecular weight is 523 g/mol. The van der Waals surface area contributed by atoms with Gasteiger partial charge in [-0.25, -0.2) is 4.39 Å². The molecule has 6 atom stereocenters. The summed E-state index contributed by atoms with van der Waals surface area (Å²) in [6.45, 7) is 8.30. The zero-order chi connectivity index (χ0) is 26.4. The van der Waals surface area contributed by atoms with Crippen LogP contribution < -0.4 is 32.9 Å². The molecule has 0 bridgehead atoms. The maximum Gasteiger partial charge on any atom is 0.228 e.